The summed E-state index contributed by atoms with van der Waals surface area (Å²) in [6.07, 6.45) is 1.91. The lowest BCUT2D eigenvalue weighted by molar-refractivity contribution is -0.384. The number of rotatable bonds is 5. The molecule has 0 atom stereocenters. The number of nitro groups is 1. The molecule has 0 unspecified atom stereocenters. The normalized spacial score (nSPS) is 10.3. The fourth-order valence-corrected chi connectivity index (χ4v) is 1.99. The Morgan fingerprint density at radius 1 is 1.32 bits per heavy atom. The molecule has 7 nitrogen and oxygen atoms in total. The molecule has 22 heavy (non-hydrogen) atoms. The molecule has 0 fully saturated rings. The molecule has 0 N–H and O–H groups in total. The maximum Gasteiger partial charge on any atom is 0.341 e. The molecule has 0 aliphatic heterocycles. The van der Waals surface area contributed by atoms with E-state index in [0.29, 0.717) is 12.2 Å². The van der Waals surface area contributed by atoms with Gasteiger partial charge in [-0.2, -0.15) is 0 Å². The van der Waals surface area contributed by atoms with Gasteiger partial charge in [0.2, 0.25) is 0 Å². The van der Waals surface area contributed by atoms with Gasteiger partial charge >= 0.3 is 5.97 Å². The van der Waals surface area contributed by atoms with Crippen LogP contribution in [0, 0.1) is 10.1 Å². The number of hydrogen-bond donors (Lipinski definition) is 0. The summed E-state index contributed by atoms with van der Waals surface area (Å²) in [4.78, 5) is 31.1. The van der Waals surface area contributed by atoms with Crippen molar-refractivity contribution in [2.24, 2.45) is 0 Å². The molecule has 114 valence electrons. The Labute approximate surface area is 127 Å². The second-order valence-electron chi connectivity index (χ2n) is 4.40. The van der Waals surface area contributed by atoms with Crippen LogP contribution >= 0.6 is 0 Å². The number of carbonyl (C=O) groups is 1. The predicted molar refractivity (Wildman–Crippen MR) is 79.5 cm³/mol. The van der Waals surface area contributed by atoms with Crippen LogP contribution in [0.4, 0.5) is 5.69 Å². The number of hydrogen-bond acceptors (Lipinski definition) is 6. The standard InChI is InChI=1S/C15H15N3O4/c1-3-13-16-9-11(15(19)22-4-2)14(17-13)10-7-5-6-8-12(10)18(20)21/h5-9H,3-4H2,1-2H3. The lowest BCUT2D eigenvalue weighted by Crippen LogP contribution is -2.10. The van der Waals surface area contributed by atoms with Crippen molar-refractivity contribution in [3.63, 3.8) is 0 Å². The Morgan fingerprint density at radius 3 is 2.68 bits per heavy atom. The van der Waals surface area contributed by atoms with E-state index in [0.717, 1.165) is 0 Å². The highest BCUT2D eigenvalue weighted by Crippen LogP contribution is 2.30. The van der Waals surface area contributed by atoms with Crippen LogP contribution in [0.3, 0.4) is 0 Å². The van der Waals surface area contributed by atoms with Gasteiger partial charge in [0.25, 0.3) is 5.69 Å². The zero-order chi connectivity index (χ0) is 16.1. The van der Waals surface area contributed by atoms with Crippen molar-refractivity contribution >= 4 is 11.7 Å². The molecule has 1 aromatic heterocycles. The highest BCUT2D eigenvalue weighted by Gasteiger charge is 2.23. The number of benzene rings is 1. The molecule has 0 amide bonds. The third-order valence-electron chi connectivity index (χ3n) is 3.01. The molecule has 0 radical (unpaired) electrons. The molecule has 0 saturated carbocycles. The van der Waals surface area contributed by atoms with Crippen molar-refractivity contribution < 1.29 is 14.5 Å². The van der Waals surface area contributed by atoms with E-state index in [9.17, 15) is 14.9 Å². The van der Waals surface area contributed by atoms with Crippen LogP contribution in [-0.4, -0.2) is 27.5 Å². The van der Waals surface area contributed by atoms with Gasteiger partial charge in [-0.25, -0.2) is 14.8 Å². The summed E-state index contributed by atoms with van der Waals surface area (Å²) in [6.45, 7) is 3.75. The first-order chi connectivity index (χ1) is 10.6. The fraction of sp³-hybridized carbons (Fsp3) is 0.267. The van der Waals surface area contributed by atoms with Crippen LogP contribution < -0.4 is 0 Å². The molecule has 0 aliphatic carbocycles. The number of esters is 1. The van der Waals surface area contributed by atoms with E-state index >= 15 is 0 Å². The summed E-state index contributed by atoms with van der Waals surface area (Å²) in [5, 5.41) is 11.2. The first-order valence-electron chi connectivity index (χ1n) is 6.85. The van der Waals surface area contributed by atoms with E-state index in [2.05, 4.69) is 9.97 Å². The number of nitro benzene ring substituents is 1. The summed E-state index contributed by atoms with van der Waals surface area (Å²) in [5.41, 5.74) is 0.493. The van der Waals surface area contributed by atoms with Gasteiger partial charge in [-0.1, -0.05) is 19.1 Å². The SMILES string of the molecule is CCOC(=O)c1cnc(CC)nc1-c1ccccc1[N+](=O)[O-]. The lowest BCUT2D eigenvalue weighted by Gasteiger charge is -2.09. The first-order valence-corrected chi connectivity index (χ1v) is 6.85. The third kappa shape index (κ3) is 3.08. The molecular formula is C15H15N3O4. The van der Waals surface area contributed by atoms with E-state index in [1.165, 1.54) is 12.3 Å². The molecule has 0 saturated heterocycles. The molecule has 1 heterocycles. The van der Waals surface area contributed by atoms with E-state index < -0.39 is 10.9 Å². The molecule has 0 bridgehead atoms. The van der Waals surface area contributed by atoms with Crippen LogP contribution in [0.15, 0.2) is 30.5 Å². The van der Waals surface area contributed by atoms with Crippen molar-refractivity contribution in [3.8, 4) is 11.3 Å². The summed E-state index contributed by atoms with van der Waals surface area (Å²) < 4.78 is 4.98. The smallest absolute Gasteiger partial charge is 0.341 e. The second kappa shape index (κ2) is 6.75. The Morgan fingerprint density at radius 2 is 2.05 bits per heavy atom. The Balaban J connectivity index is 2.67. The van der Waals surface area contributed by atoms with Gasteiger partial charge in [0.15, 0.2) is 0 Å². The molecule has 2 rings (SSSR count). The van der Waals surface area contributed by atoms with Crippen LogP contribution in [-0.2, 0) is 11.2 Å². The van der Waals surface area contributed by atoms with Crippen molar-refractivity contribution in [1.29, 1.82) is 0 Å². The van der Waals surface area contributed by atoms with Gasteiger partial charge in [-0.05, 0) is 13.0 Å². The fourth-order valence-electron chi connectivity index (χ4n) is 1.99. The van der Waals surface area contributed by atoms with Crippen molar-refractivity contribution in [3.05, 3.63) is 52.0 Å². The summed E-state index contributed by atoms with van der Waals surface area (Å²) in [7, 11) is 0. The van der Waals surface area contributed by atoms with Crippen molar-refractivity contribution in [1.82, 2.24) is 9.97 Å². The van der Waals surface area contributed by atoms with Gasteiger partial charge < -0.3 is 4.74 Å². The maximum atomic E-state index is 12.0. The number of ether oxygens (including phenoxy) is 1. The quantitative estimate of drug-likeness (QED) is 0.478. The van der Waals surface area contributed by atoms with Gasteiger partial charge in [0.05, 0.1) is 22.8 Å². The third-order valence-corrected chi connectivity index (χ3v) is 3.01. The van der Waals surface area contributed by atoms with E-state index in [1.54, 1.807) is 25.1 Å². The monoisotopic (exact) mass is 301 g/mol. The van der Waals surface area contributed by atoms with Crippen LogP contribution in [0.2, 0.25) is 0 Å². The summed E-state index contributed by atoms with van der Waals surface area (Å²) in [6, 6.07) is 6.15. The number of para-hydroxylation sites is 1. The number of nitrogens with zero attached hydrogens (tertiary/aromatic N) is 3. The minimum atomic E-state index is -0.599. The zero-order valence-corrected chi connectivity index (χ0v) is 12.3. The van der Waals surface area contributed by atoms with Gasteiger partial charge in [0.1, 0.15) is 11.4 Å². The van der Waals surface area contributed by atoms with Gasteiger partial charge in [-0.15, -0.1) is 0 Å². The molecule has 0 spiro atoms. The first kappa shape index (κ1) is 15.6. The van der Waals surface area contributed by atoms with Gasteiger partial charge in [-0.3, -0.25) is 10.1 Å². The maximum absolute atomic E-state index is 12.0. The van der Waals surface area contributed by atoms with Crippen molar-refractivity contribution in [2.45, 2.75) is 20.3 Å². The number of aromatic nitrogens is 2. The van der Waals surface area contributed by atoms with Crippen molar-refractivity contribution in [2.75, 3.05) is 6.61 Å². The molecule has 2 aromatic rings. The molecular weight excluding hydrogens is 286 g/mol. The zero-order valence-electron chi connectivity index (χ0n) is 12.3. The Kier molecular flexibility index (Phi) is 4.77. The minimum Gasteiger partial charge on any atom is -0.462 e. The topological polar surface area (TPSA) is 95.2 Å². The highest BCUT2D eigenvalue weighted by molar-refractivity contribution is 5.97. The van der Waals surface area contributed by atoms with Crippen LogP contribution in [0.1, 0.15) is 30.0 Å². The van der Waals surface area contributed by atoms with E-state index in [4.69, 9.17) is 4.74 Å². The second-order valence-corrected chi connectivity index (χ2v) is 4.40. The Hall–Kier alpha value is -2.83. The average Bonchev–Trinajstić information content (AvgIpc) is 2.54. The number of carbonyl (C=O) groups excluding carboxylic acids is 1. The van der Waals surface area contributed by atoms with Gasteiger partial charge in [0, 0.05) is 18.7 Å². The largest absolute Gasteiger partial charge is 0.462 e. The number of aryl methyl sites for hydroxylation is 1. The average molecular weight is 301 g/mol. The van der Waals surface area contributed by atoms with E-state index in [1.807, 2.05) is 6.92 Å². The Bertz CT molecular complexity index is 716. The summed E-state index contributed by atoms with van der Waals surface area (Å²) >= 11 is 0. The predicted octanol–water partition coefficient (Wildman–Crippen LogP) is 2.79. The minimum absolute atomic E-state index is 0.117. The van der Waals surface area contributed by atoms with Crippen LogP contribution in [0.25, 0.3) is 11.3 Å². The summed E-state index contributed by atoms with van der Waals surface area (Å²) in [5.74, 6) is -0.0977. The van der Waals surface area contributed by atoms with E-state index in [-0.39, 0.29) is 29.1 Å². The molecule has 7 heteroatoms. The lowest BCUT2D eigenvalue weighted by atomic mass is 10.0. The highest BCUT2D eigenvalue weighted by atomic mass is 16.6. The van der Waals surface area contributed by atoms with Crippen LogP contribution in [0.5, 0.6) is 0 Å². The molecule has 0 aliphatic rings. The molecule has 1 aromatic carbocycles.